The van der Waals surface area contributed by atoms with Crippen molar-refractivity contribution in [1.82, 2.24) is 0 Å². The Kier molecular flexibility index (Phi) is 5.59. The lowest BCUT2D eigenvalue weighted by Crippen LogP contribution is -2.05. The largest absolute Gasteiger partial charge is 0.498 e. The van der Waals surface area contributed by atoms with Gasteiger partial charge in [0.2, 0.25) is 0 Å². The van der Waals surface area contributed by atoms with E-state index in [2.05, 4.69) is 6.08 Å². The number of carbonyl (C=O) groups excluding carboxylic acids is 1. The summed E-state index contributed by atoms with van der Waals surface area (Å²) >= 11 is 0. The Morgan fingerprint density at radius 2 is 2.40 bits per heavy atom. The molecule has 0 saturated heterocycles. The average molecular weight is 210 g/mol. The topological polar surface area (TPSA) is 35.5 Å². The van der Waals surface area contributed by atoms with Crippen LogP contribution in [0.15, 0.2) is 24.0 Å². The van der Waals surface area contributed by atoms with Crippen LogP contribution in [0.4, 0.5) is 0 Å². The molecular formula is C12H18O3. The lowest BCUT2D eigenvalue weighted by atomic mass is 10.2. The summed E-state index contributed by atoms with van der Waals surface area (Å²) in [6.45, 7) is 2.86. The van der Waals surface area contributed by atoms with Crippen molar-refractivity contribution in [3.63, 3.8) is 0 Å². The van der Waals surface area contributed by atoms with Gasteiger partial charge in [-0.2, -0.15) is 0 Å². The monoisotopic (exact) mass is 210 g/mol. The number of hydrogen-bond donors (Lipinski definition) is 0. The van der Waals surface area contributed by atoms with Crippen LogP contribution >= 0.6 is 0 Å². The summed E-state index contributed by atoms with van der Waals surface area (Å²) in [5.41, 5.74) is 0. The number of hydrogen-bond acceptors (Lipinski definition) is 3. The average Bonchev–Trinajstić information content (AvgIpc) is 2.26. The molecule has 0 radical (unpaired) electrons. The second kappa shape index (κ2) is 7.10. The zero-order valence-electron chi connectivity index (χ0n) is 9.20. The summed E-state index contributed by atoms with van der Waals surface area (Å²) in [4.78, 5) is 11.0. The summed E-state index contributed by atoms with van der Waals surface area (Å²) < 4.78 is 10.3. The second-order valence-corrected chi connectivity index (χ2v) is 3.36. The highest BCUT2D eigenvalue weighted by atomic mass is 16.5. The van der Waals surface area contributed by atoms with E-state index >= 15 is 0 Å². The molecule has 0 fully saturated rings. The lowest BCUT2D eigenvalue weighted by molar-refractivity contribution is -0.143. The Morgan fingerprint density at radius 1 is 1.53 bits per heavy atom. The Morgan fingerprint density at radius 3 is 3.07 bits per heavy atom. The second-order valence-electron chi connectivity index (χ2n) is 3.36. The predicted octanol–water partition coefficient (Wildman–Crippen LogP) is 2.58. The van der Waals surface area contributed by atoms with Crippen molar-refractivity contribution >= 4 is 5.97 Å². The van der Waals surface area contributed by atoms with Gasteiger partial charge < -0.3 is 9.47 Å². The quantitative estimate of drug-likeness (QED) is 0.499. The van der Waals surface area contributed by atoms with Crippen LogP contribution in [0.1, 0.15) is 32.6 Å². The fraction of sp³-hybridized carbons (Fsp3) is 0.583. The van der Waals surface area contributed by atoms with Crippen LogP contribution in [0.25, 0.3) is 0 Å². The minimum atomic E-state index is -0.140. The van der Waals surface area contributed by atoms with E-state index in [1.54, 1.807) is 0 Å². The molecule has 0 aromatic rings. The number of carbonyl (C=O) groups is 1. The van der Waals surface area contributed by atoms with Crippen molar-refractivity contribution in [2.24, 2.45) is 0 Å². The molecule has 1 rings (SSSR count). The van der Waals surface area contributed by atoms with Crippen LogP contribution in [0.2, 0.25) is 0 Å². The van der Waals surface area contributed by atoms with Gasteiger partial charge in [-0.1, -0.05) is 12.2 Å². The zero-order chi connectivity index (χ0) is 10.9. The Hall–Kier alpha value is -1.25. The van der Waals surface area contributed by atoms with E-state index in [-0.39, 0.29) is 5.97 Å². The van der Waals surface area contributed by atoms with E-state index in [0.717, 1.165) is 25.0 Å². The lowest BCUT2D eigenvalue weighted by Gasteiger charge is -2.11. The normalized spacial score (nSPS) is 14.6. The molecule has 1 aliphatic rings. The van der Waals surface area contributed by atoms with E-state index in [0.29, 0.717) is 19.6 Å². The molecule has 0 spiro atoms. The molecule has 84 valence electrons. The molecule has 1 aliphatic carbocycles. The highest BCUT2D eigenvalue weighted by Gasteiger charge is 2.03. The van der Waals surface area contributed by atoms with Crippen molar-refractivity contribution in [3.8, 4) is 0 Å². The molecular weight excluding hydrogens is 192 g/mol. The standard InChI is InChI=1S/C12H18O3/c1-2-14-12(13)9-6-10-15-11-7-4-3-5-8-11/h3-4,7H,2,5-6,8-10H2,1H3. The smallest absolute Gasteiger partial charge is 0.305 e. The highest BCUT2D eigenvalue weighted by Crippen LogP contribution is 2.13. The molecule has 0 heterocycles. The minimum Gasteiger partial charge on any atom is -0.498 e. The Balaban J connectivity index is 2.03. The van der Waals surface area contributed by atoms with Crippen LogP contribution in [-0.4, -0.2) is 19.2 Å². The van der Waals surface area contributed by atoms with Gasteiger partial charge in [0.25, 0.3) is 0 Å². The maximum absolute atomic E-state index is 11.0. The van der Waals surface area contributed by atoms with Crippen molar-refractivity contribution in [1.29, 1.82) is 0 Å². The summed E-state index contributed by atoms with van der Waals surface area (Å²) in [5.74, 6) is 0.875. The Bertz CT molecular complexity index is 254. The van der Waals surface area contributed by atoms with E-state index < -0.39 is 0 Å². The molecule has 3 heteroatoms. The van der Waals surface area contributed by atoms with Crippen molar-refractivity contribution in [2.75, 3.05) is 13.2 Å². The highest BCUT2D eigenvalue weighted by molar-refractivity contribution is 5.69. The summed E-state index contributed by atoms with van der Waals surface area (Å²) in [6.07, 6.45) is 9.28. The third kappa shape index (κ3) is 5.25. The van der Waals surface area contributed by atoms with Crippen molar-refractivity contribution in [2.45, 2.75) is 32.6 Å². The molecule has 3 nitrogen and oxygen atoms in total. The molecule has 0 bridgehead atoms. The molecule has 0 aromatic heterocycles. The van der Waals surface area contributed by atoms with Gasteiger partial charge in [-0.15, -0.1) is 0 Å². The van der Waals surface area contributed by atoms with Crippen LogP contribution in [0.5, 0.6) is 0 Å². The molecule has 0 N–H and O–H groups in total. The SMILES string of the molecule is CCOC(=O)CCCOC1=CC=CCC1. The third-order valence-electron chi connectivity index (χ3n) is 2.09. The van der Waals surface area contributed by atoms with E-state index in [9.17, 15) is 4.79 Å². The zero-order valence-corrected chi connectivity index (χ0v) is 9.20. The summed E-state index contributed by atoms with van der Waals surface area (Å²) in [5, 5.41) is 0. The maximum atomic E-state index is 11.0. The molecule has 0 aliphatic heterocycles. The van der Waals surface area contributed by atoms with Gasteiger partial charge >= 0.3 is 5.97 Å². The van der Waals surface area contributed by atoms with Gasteiger partial charge in [-0.25, -0.2) is 0 Å². The van der Waals surface area contributed by atoms with Crippen LogP contribution in [0, 0.1) is 0 Å². The van der Waals surface area contributed by atoms with Crippen LogP contribution in [-0.2, 0) is 14.3 Å². The first-order valence-electron chi connectivity index (χ1n) is 5.47. The molecule has 0 aromatic carbocycles. The van der Waals surface area contributed by atoms with Gasteiger partial charge in [0.05, 0.1) is 19.0 Å². The summed E-state index contributed by atoms with van der Waals surface area (Å²) in [7, 11) is 0. The number of allylic oxidation sites excluding steroid dienone is 4. The summed E-state index contributed by atoms with van der Waals surface area (Å²) in [6, 6.07) is 0. The van der Waals surface area contributed by atoms with Gasteiger partial charge in [-0.3, -0.25) is 4.79 Å². The van der Waals surface area contributed by atoms with Crippen LogP contribution in [0.3, 0.4) is 0 Å². The fourth-order valence-electron chi connectivity index (χ4n) is 1.35. The molecule has 0 unspecified atom stereocenters. The number of rotatable bonds is 6. The minimum absolute atomic E-state index is 0.140. The first-order valence-corrected chi connectivity index (χ1v) is 5.47. The van der Waals surface area contributed by atoms with Crippen molar-refractivity contribution < 1.29 is 14.3 Å². The van der Waals surface area contributed by atoms with Gasteiger partial charge in [-0.05, 0) is 25.8 Å². The first kappa shape index (κ1) is 11.8. The maximum Gasteiger partial charge on any atom is 0.305 e. The van der Waals surface area contributed by atoms with Crippen molar-refractivity contribution in [3.05, 3.63) is 24.0 Å². The Labute approximate surface area is 90.8 Å². The van der Waals surface area contributed by atoms with Gasteiger partial charge in [0, 0.05) is 12.8 Å². The third-order valence-corrected chi connectivity index (χ3v) is 2.09. The predicted molar refractivity (Wildman–Crippen MR) is 58.3 cm³/mol. The van der Waals surface area contributed by atoms with Gasteiger partial charge in [0.1, 0.15) is 0 Å². The molecule has 0 saturated carbocycles. The van der Waals surface area contributed by atoms with Crippen LogP contribution < -0.4 is 0 Å². The number of esters is 1. The molecule has 15 heavy (non-hydrogen) atoms. The van der Waals surface area contributed by atoms with E-state index in [1.807, 2.05) is 19.1 Å². The fourth-order valence-corrected chi connectivity index (χ4v) is 1.35. The molecule has 0 atom stereocenters. The van der Waals surface area contributed by atoms with Gasteiger partial charge in [0.15, 0.2) is 0 Å². The first-order chi connectivity index (χ1) is 7.33. The van der Waals surface area contributed by atoms with E-state index in [1.165, 1.54) is 0 Å². The molecule has 0 amide bonds. The van der Waals surface area contributed by atoms with E-state index in [4.69, 9.17) is 9.47 Å². The number of ether oxygens (including phenoxy) is 2.